The number of aliphatic imine (C=N–C) groups is 1. The van der Waals surface area contributed by atoms with Crippen LogP contribution < -0.4 is 10.6 Å². The van der Waals surface area contributed by atoms with Gasteiger partial charge in [0.25, 0.3) is 0 Å². The van der Waals surface area contributed by atoms with Crippen LogP contribution in [0.4, 0.5) is 5.82 Å². The third-order valence-electron chi connectivity index (χ3n) is 7.03. The zero-order valence-corrected chi connectivity index (χ0v) is 23.4. The van der Waals surface area contributed by atoms with Crippen molar-refractivity contribution in [2.45, 2.75) is 76.7 Å². The van der Waals surface area contributed by atoms with E-state index >= 15 is 0 Å². The van der Waals surface area contributed by atoms with Crippen molar-refractivity contribution in [2.24, 2.45) is 16.8 Å². The summed E-state index contributed by atoms with van der Waals surface area (Å²) in [6, 6.07) is 0.0122. The minimum absolute atomic E-state index is 0.00692. The lowest BCUT2D eigenvalue weighted by Gasteiger charge is -2.37. The van der Waals surface area contributed by atoms with Crippen LogP contribution in [-0.2, 0) is 16.1 Å². The van der Waals surface area contributed by atoms with Crippen molar-refractivity contribution in [2.75, 3.05) is 29.9 Å². The van der Waals surface area contributed by atoms with Gasteiger partial charge in [-0.15, -0.1) is 0 Å². The van der Waals surface area contributed by atoms with Gasteiger partial charge in [-0.2, -0.15) is 5.10 Å². The second-order valence-electron chi connectivity index (χ2n) is 10.3. The van der Waals surface area contributed by atoms with E-state index in [4.69, 9.17) is 9.98 Å². The third kappa shape index (κ3) is 5.74. The first kappa shape index (κ1) is 26.3. The summed E-state index contributed by atoms with van der Waals surface area (Å²) in [4.78, 5) is 42.1. The largest absolute Gasteiger partial charge is 0.369 e. The molecule has 2 aromatic heterocycles. The Balaban J connectivity index is 1.20. The number of anilines is 1. The van der Waals surface area contributed by atoms with E-state index in [9.17, 15) is 9.59 Å². The summed E-state index contributed by atoms with van der Waals surface area (Å²) in [7, 11) is 0. The topological polar surface area (TPSA) is 117 Å². The molecule has 37 heavy (non-hydrogen) atoms. The number of fused-ring (bicyclic) bond motifs is 3. The number of hydrogen-bond donors (Lipinski definition) is 2. The van der Waals surface area contributed by atoms with Crippen molar-refractivity contribution in [1.29, 1.82) is 0 Å². The predicted octanol–water partition coefficient (Wildman–Crippen LogP) is 3.38. The number of amidine groups is 1. The number of nitrogens with zero attached hydrogens (tertiary/aromatic N) is 6. The van der Waals surface area contributed by atoms with Crippen LogP contribution >= 0.6 is 23.5 Å². The molecule has 0 aromatic carbocycles. The highest BCUT2D eigenvalue weighted by Crippen LogP contribution is 2.38. The average Bonchev–Trinajstić information content (AvgIpc) is 3.47. The Kier molecular flexibility index (Phi) is 8.23. The molecule has 1 saturated heterocycles. The quantitative estimate of drug-likeness (QED) is 0.345. The Hall–Kier alpha value is -2.34. The molecule has 2 fully saturated rings. The van der Waals surface area contributed by atoms with E-state index in [0.29, 0.717) is 19.0 Å². The number of aromatic nitrogens is 4. The molecule has 1 saturated carbocycles. The van der Waals surface area contributed by atoms with Crippen LogP contribution in [0.5, 0.6) is 0 Å². The van der Waals surface area contributed by atoms with Gasteiger partial charge in [-0.1, -0.05) is 57.1 Å². The van der Waals surface area contributed by atoms with Crippen LogP contribution in [0.1, 0.15) is 52.9 Å². The number of amides is 2. The van der Waals surface area contributed by atoms with Crippen LogP contribution in [-0.4, -0.2) is 78.3 Å². The fourth-order valence-electron chi connectivity index (χ4n) is 5.18. The lowest BCUT2D eigenvalue weighted by Crippen LogP contribution is -2.51. The molecule has 2 aromatic rings. The number of rotatable bonds is 10. The van der Waals surface area contributed by atoms with Crippen LogP contribution in [0.2, 0.25) is 0 Å². The summed E-state index contributed by atoms with van der Waals surface area (Å²) in [6.07, 6.45) is 6.23. The van der Waals surface area contributed by atoms with Crippen molar-refractivity contribution in [3.05, 3.63) is 6.20 Å². The fraction of sp³-hybridized carbons (Fsp3) is 0.680. The van der Waals surface area contributed by atoms with Crippen LogP contribution in [0, 0.1) is 11.8 Å². The van der Waals surface area contributed by atoms with Gasteiger partial charge in [0.1, 0.15) is 5.82 Å². The number of carbonyl (C=O) groups excluding carboxylic acids is 2. The van der Waals surface area contributed by atoms with Gasteiger partial charge < -0.3 is 10.6 Å². The molecule has 4 heterocycles. The second-order valence-corrected chi connectivity index (χ2v) is 12.5. The van der Waals surface area contributed by atoms with Gasteiger partial charge in [-0.25, -0.2) is 14.6 Å². The van der Waals surface area contributed by atoms with Crippen LogP contribution in [0.15, 0.2) is 16.3 Å². The lowest BCUT2D eigenvalue weighted by atomic mass is 9.83. The number of nitrogens with one attached hydrogen (secondary N) is 2. The maximum absolute atomic E-state index is 13.2. The monoisotopic (exact) mass is 544 g/mol. The molecule has 2 aliphatic heterocycles. The Morgan fingerprint density at radius 2 is 2.11 bits per heavy atom. The Morgan fingerprint density at radius 3 is 2.92 bits per heavy atom. The molecule has 10 nitrogen and oxygen atoms in total. The van der Waals surface area contributed by atoms with Gasteiger partial charge in [0.2, 0.25) is 11.8 Å². The number of thioether (sulfide) groups is 2. The van der Waals surface area contributed by atoms with Gasteiger partial charge in [0, 0.05) is 25.3 Å². The Bertz CT molecular complexity index is 1180. The molecular formula is C25H36N8O2S2. The minimum atomic E-state index is -0.124. The van der Waals surface area contributed by atoms with Gasteiger partial charge in [-0.3, -0.25) is 19.5 Å². The van der Waals surface area contributed by atoms with Crippen molar-refractivity contribution in [1.82, 2.24) is 30.0 Å². The number of carbonyl (C=O) groups is 2. The Labute approximate surface area is 226 Å². The van der Waals surface area contributed by atoms with E-state index in [2.05, 4.69) is 41.5 Å². The maximum Gasteiger partial charge on any atom is 0.234 e. The lowest BCUT2D eigenvalue weighted by molar-refractivity contribution is -0.135. The summed E-state index contributed by atoms with van der Waals surface area (Å²) in [6.45, 7) is 8.15. The first-order valence-electron chi connectivity index (χ1n) is 13.3. The first-order chi connectivity index (χ1) is 17.9. The molecule has 12 heteroatoms. The smallest absolute Gasteiger partial charge is 0.234 e. The summed E-state index contributed by atoms with van der Waals surface area (Å²) in [5.41, 5.74) is 0.764. The zero-order valence-electron chi connectivity index (χ0n) is 21.8. The van der Waals surface area contributed by atoms with Crippen LogP contribution in [0.25, 0.3) is 11.0 Å². The van der Waals surface area contributed by atoms with E-state index in [1.54, 1.807) is 29.7 Å². The van der Waals surface area contributed by atoms with Gasteiger partial charge in [-0.05, 0) is 24.5 Å². The SMILES string of the molecule is CCSc1nc(NCC(C)C)c2cnn(CCNC(=O)CC3CSC4=NC5CCCCC5C(=O)N43)c2n1. The van der Waals surface area contributed by atoms with E-state index in [1.807, 2.05) is 9.58 Å². The van der Waals surface area contributed by atoms with E-state index in [0.717, 1.165) is 70.9 Å². The molecule has 2 N–H and O–H groups in total. The fourth-order valence-corrected chi connectivity index (χ4v) is 6.95. The van der Waals surface area contributed by atoms with Crippen molar-refractivity contribution in [3.8, 4) is 0 Å². The third-order valence-corrected chi connectivity index (χ3v) is 8.87. The zero-order chi connectivity index (χ0) is 25.9. The molecule has 3 atom stereocenters. The first-order valence-corrected chi connectivity index (χ1v) is 15.3. The van der Waals surface area contributed by atoms with E-state index < -0.39 is 0 Å². The molecule has 200 valence electrons. The van der Waals surface area contributed by atoms with E-state index in [1.165, 1.54) is 0 Å². The molecule has 5 rings (SSSR count). The van der Waals surface area contributed by atoms with Crippen molar-refractivity contribution < 1.29 is 9.59 Å². The van der Waals surface area contributed by atoms with Gasteiger partial charge in [0.05, 0.1) is 36.1 Å². The summed E-state index contributed by atoms with van der Waals surface area (Å²) >= 11 is 3.21. The molecule has 2 amide bonds. The number of hydrogen-bond acceptors (Lipinski definition) is 9. The van der Waals surface area contributed by atoms with Crippen LogP contribution in [0.3, 0.4) is 0 Å². The molecule has 1 aliphatic carbocycles. The van der Waals surface area contributed by atoms with Gasteiger partial charge >= 0.3 is 0 Å². The van der Waals surface area contributed by atoms with E-state index in [-0.39, 0.29) is 36.2 Å². The molecular weight excluding hydrogens is 508 g/mol. The highest BCUT2D eigenvalue weighted by molar-refractivity contribution is 8.14. The van der Waals surface area contributed by atoms with Crippen molar-refractivity contribution >= 4 is 57.4 Å². The molecule has 3 unspecified atom stereocenters. The maximum atomic E-state index is 13.2. The predicted molar refractivity (Wildman–Crippen MR) is 149 cm³/mol. The Morgan fingerprint density at radius 1 is 1.27 bits per heavy atom. The highest BCUT2D eigenvalue weighted by atomic mass is 32.2. The standard InChI is InChI=1S/C25H36N8O2S2/c1-4-36-24-30-21(27-12-15(2)3)18-13-28-32(22(18)31-24)10-9-26-20(34)11-16-14-37-25-29-19-8-6-5-7-17(19)23(35)33(16)25/h13,15-17,19H,4-12,14H2,1-3H3,(H,26,34)(H,27,30,31). The highest BCUT2D eigenvalue weighted by Gasteiger charge is 2.45. The van der Waals surface area contributed by atoms with Crippen molar-refractivity contribution in [3.63, 3.8) is 0 Å². The normalized spacial score (nSPS) is 23.2. The summed E-state index contributed by atoms with van der Waals surface area (Å²) < 4.78 is 1.82. The molecule has 3 aliphatic rings. The molecule has 0 bridgehead atoms. The average molecular weight is 545 g/mol. The second kappa shape index (κ2) is 11.6. The molecule has 0 radical (unpaired) electrons. The minimum Gasteiger partial charge on any atom is -0.369 e. The molecule has 0 spiro atoms. The summed E-state index contributed by atoms with van der Waals surface area (Å²) in [5, 5.41) is 13.4. The van der Waals surface area contributed by atoms with Gasteiger partial charge in [0.15, 0.2) is 16.0 Å². The summed E-state index contributed by atoms with van der Waals surface area (Å²) in [5.74, 6) is 3.00.